The zero-order valence-electron chi connectivity index (χ0n) is 17.0. The minimum Gasteiger partial charge on any atom is -0.494 e. The Morgan fingerprint density at radius 1 is 0.933 bits per heavy atom. The second-order valence-electron chi connectivity index (χ2n) is 7.16. The van der Waals surface area contributed by atoms with E-state index in [9.17, 15) is 13.6 Å². The summed E-state index contributed by atoms with van der Waals surface area (Å²) >= 11 is 0. The third kappa shape index (κ3) is 5.81. The fourth-order valence-corrected chi connectivity index (χ4v) is 3.29. The van der Waals surface area contributed by atoms with Crippen LogP contribution in [0.15, 0.2) is 57.9 Å². The molecule has 0 unspecified atom stereocenters. The molecule has 4 nitrogen and oxygen atoms in total. The summed E-state index contributed by atoms with van der Waals surface area (Å²) in [6.07, 6.45) is 8.58. The Hall–Kier alpha value is -2.89. The molecule has 0 spiro atoms. The van der Waals surface area contributed by atoms with Crippen LogP contribution in [-0.2, 0) is 0 Å². The van der Waals surface area contributed by atoms with Gasteiger partial charge in [0.15, 0.2) is 5.43 Å². The summed E-state index contributed by atoms with van der Waals surface area (Å²) in [5.41, 5.74) is 1.05. The smallest absolute Gasteiger partial charge is 0.387 e. The third-order valence-corrected chi connectivity index (χ3v) is 4.90. The Morgan fingerprint density at radius 2 is 1.63 bits per heavy atom. The molecule has 0 bridgehead atoms. The number of benzene rings is 2. The van der Waals surface area contributed by atoms with E-state index in [1.54, 1.807) is 0 Å². The molecule has 0 N–H and O–H groups in total. The Bertz CT molecular complexity index is 996. The summed E-state index contributed by atoms with van der Waals surface area (Å²) in [5.74, 6) is 0.700. The number of fused-ring (bicyclic) bond motifs is 1. The summed E-state index contributed by atoms with van der Waals surface area (Å²) in [5, 5.41) is 0.303. The standard InChI is InChI=1S/C24H26F2O4/c1-2-3-4-5-6-7-14-28-18-10-8-17(9-11-18)21-16-29-22-15-19(30-24(25)26)12-13-20(22)23(21)27/h8-13,15-16,24H,2-7,14H2,1H3. The van der Waals surface area contributed by atoms with Crippen molar-refractivity contribution in [3.63, 3.8) is 0 Å². The van der Waals surface area contributed by atoms with Crippen molar-refractivity contribution in [2.75, 3.05) is 6.61 Å². The maximum Gasteiger partial charge on any atom is 0.387 e. The molecule has 30 heavy (non-hydrogen) atoms. The third-order valence-electron chi connectivity index (χ3n) is 4.90. The molecular formula is C24H26F2O4. The topological polar surface area (TPSA) is 48.7 Å². The highest BCUT2D eigenvalue weighted by Gasteiger charge is 2.12. The molecule has 0 aliphatic carbocycles. The molecular weight excluding hydrogens is 390 g/mol. The predicted molar refractivity (Wildman–Crippen MR) is 113 cm³/mol. The summed E-state index contributed by atoms with van der Waals surface area (Å²) in [4.78, 5) is 12.8. The highest BCUT2D eigenvalue weighted by molar-refractivity contribution is 5.82. The van der Waals surface area contributed by atoms with Crippen molar-refractivity contribution in [3.8, 4) is 22.6 Å². The van der Waals surface area contributed by atoms with Crippen LogP contribution < -0.4 is 14.9 Å². The largest absolute Gasteiger partial charge is 0.494 e. The number of hydrogen-bond donors (Lipinski definition) is 0. The lowest BCUT2D eigenvalue weighted by atomic mass is 10.1. The molecule has 0 saturated carbocycles. The number of rotatable bonds is 11. The number of hydrogen-bond acceptors (Lipinski definition) is 4. The van der Waals surface area contributed by atoms with Crippen LogP contribution in [0.1, 0.15) is 45.4 Å². The van der Waals surface area contributed by atoms with Gasteiger partial charge in [0.1, 0.15) is 23.3 Å². The molecule has 0 aliphatic heterocycles. The molecule has 3 aromatic rings. The van der Waals surface area contributed by atoms with Gasteiger partial charge in [-0.05, 0) is 36.2 Å². The van der Waals surface area contributed by atoms with E-state index in [1.807, 2.05) is 24.3 Å². The fourth-order valence-electron chi connectivity index (χ4n) is 3.29. The average Bonchev–Trinajstić information content (AvgIpc) is 2.73. The number of ether oxygens (including phenoxy) is 2. The SMILES string of the molecule is CCCCCCCCOc1ccc(-c2coc3cc(OC(F)F)ccc3c2=O)cc1. The number of unbranched alkanes of at least 4 members (excludes halogenated alkanes) is 5. The van der Waals surface area contributed by atoms with E-state index in [-0.39, 0.29) is 16.8 Å². The second-order valence-corrected chi connectivity index (χ2v) is 7.16. The maximum absolute atomic E-state index is 12.8. The van der Waals surface area contributed by atoms with Crippen molar-refractivity contribution in [1.29, 1.82) is 0 Å². The first-order chi connectivity index (χ1) is 14.6. The monoisotopic (exact) mass is 416 g/mol. The first kappa shape index (κ1) is 21.8. The van der Waals surface area contributed by atoms with Crippen molar-refractivity contribution < 1.29 is 22.7 Å². The van der Waals surface area contributed by atoms with E-state index in [0.717, 1.165) is 12.2 Å². The lowest BCUT2D eigenvalue weighted by Gasteiger charge is -2.08. The summed E-state index contributed by atoms with van der Waals surface area (Å²) in [7, 11) is 0. The summed E-state index contributed by atoms with van der Waals surface area (Å²) < 4.78 is 40.3. The van der Waals surface area contributed by atoms with Gasteiger partial charge in [-0.25, -0.2) is 0 Å². The van der Waals surface area contributed by atoms with Crippen molar-refractivity contribution in [2.24, 2.45) is 0 Å². The van der Waals surface area contributed by atoms with Crippen molar-refractivity contribution in [2.45, 2.75) is 52.1 Å². The lowest BCUT2D eigenvalue weighted by molar-refractivity contribution is -0.0497. The molecule has 0 amide bonds. The molecule has 0 aliphatic rings. The van der Waals surface area contributed by atoms with Crippen LogP contribution in [0.3, 0.4) is 0 Å². The van der Waals surface area contributed by atoms with Crippen molar-refractivity contribution in [3.05, 3.63) is 59.0 Å². The minimum atomic E-state index is -2.93. The van der Waals surface area contributed by atoms with E-state index in [2.05, 4.69) is 11.7 Å². The van der Waals surface area contributed by atoms with Gasteiger partial charge in [0.2, 0.25) is 0 Å². The van der Waals surface area contributed by atoms with Crippen LogP contribution >= 0.6 is 0 Å². The summed E-state index contributed by atoms with van der Waals surface area (Å²) in [6, 6.07) is 11.3. The molecule has 1 aromatic heterocycles. The maximum atomic E-state index is 12.8. The van der Waals surface area contributed by atoms with Crippen molar-refractivity contribution >= 4 is 11.0 Å². The van der Waals surface area contributed by atoms with Crippen LogP contribution in [0.2, 0.25) is 0 Å². The molecule has 0 atom stereocenters. The van der Waals surface area contributed by atoms with Gasteiger partial charge in [-0.2, -0.15) is 8.78 Å². The molecule has 2 aromatic carbocycles. The molecule has 0 fully saturated rings. The molecule has 0 saturated heterocycles. The molecule has 0 radical (unpaired) electrons. The van der Waals surface area contributed by atoms with Crippen LogP contribution in [0.5, 0.6) is 11.5 Å². The van der Waals surface area contributed by atoms with Gasteiger partial charge in [-0.3, -0.25) is 4.79 Å². The van der Waals surface area contributed by atoms with Crippen LogP contribution in [0.25, 0.3) is 22.1 Å². The Morgan fingerprint density at radius 3 is 2.37 bits per heavy atom. The average molecular weight is 416 g/mol. The van der Waals surface area contributed by atoms with E-state index in [1.165, 1.54) is 56.6 Å². The lowest BCUT2D eigenvalue weighted by Crippen LogP contribution is -2.06. The fraction of sp³-hybridized carbons (Fsp3) is 0.375. The quantitative estimate of drug-likeness (QED) is 0.323. The van der Waals surface area contributed by atoms with Crippen LogP contribution in [0.4, 0.5) is 8.78 Å². The van der Waals surface area contributed by atoms with Gasteiger partial charge in [-0.1, -0.05) is 51.2 Å². The van der Waals surface area contributed by atoms with Gasteiger partial charge >= 0.3 is 6.61 Å². The molecule has 1 heterocycles. The zero-order chi connectivity index (χ0) is 21.3. The van der Waals surface area contributed by atoms with E-state index in [4.69, 9.17) is 9.15 Å². The second kappa shape index (κ2) is 10.8. The Kier molecular flexibility index (Phi) is 7.82. The van der Waals surface area contributed by atoms with E-state index >= 15 is 0 Å². The summed E-state index contributed by atoms with van der Waals surface area (Å²) in [6.45, 7) is -0.0571. The van der Waals surface area contributed by atoms with Gasteiger partial charge < -0.3 is 13.9 Å². The first-order valence-electron chi connectivity index (χ1n) is 10.3. The van der Waals surface area contributed by atoms with Crippen LogP contribution in [-0.4, -0.2) is 13.2 Å². The number of halogens is 2. The number of alkyl halides is 2. The van der Waals surface area contributed by atoms with Gasteiger partial charge in [0.05, 0.1) is 17.6 Å². The normalized spacial score (nSPS) is 11.2. The van der Waals surface area contributed by atoms with Crippen molar-refractivity contribution in [1.82, 2.24) is 0 Å². The van der Waals surface area contributed by atoms with Gasteiger partial charge in [-0.15, -0.1) is 0 Å². The van der Waals surface area contributed by atoms with Gasteiger partial charge in [0.25, 0.3) is 0 Å². The minimum absolute atomic E-state index is 0.0553. The van der Waals surface area contributed by atoms with Crippen LogP contribution in [0, 0.1) is 0 Å². The van der Waals surface area contributed by atoms with Gasteiger partial charge in [0, 0.05) is 6.07 Å². The molecule has 3 rings (SSSR count). The Labute approximate surface area is 174 Å². The van der Waals surface area contributed by atoms with E-state index < -0.39 is 6.61 Å². The van der Waals surface area contributed by atoms with E-state index in [0.29, 0.717) is 23.1 Å². The predicted octanol–water partition coefficient (Wildman–Crippen LogP) is 6.80. The highest BCUT2D eigenvalue weighted by atomic mass is 19.3. The molecule has 6 heteroatoms. The Balaban J connectivity index is 1.64. The molecule has 160 valence electrons. The first-order valence-corrected chi connectivity index (χ1v) is 10.3. The highest BCUT2D eigenvalue weighted by Crippen LogP contribution is 2.25. The zero-order valence-corrected chi connectivity index (χ0v) is 17.0.